The summed E-state index contributed by atoms with van der Waals surface area (Å²) in [7, 11) is 0. The predicted molar refractivity (Wildman–Crippen MR) is 92.6 cm³/mol. The topological polar surface area (TPSA) is 72.6 Å². The summed E-state index contributed by atoms with van der Waals surface area (Å²) in [5, 5.41) is 0.442. The largest absolute Gasteiger partial charge is 0.482 e. The SMILES string of the molecule is NC(=O)CCN(Cc1ccccc1)C(=O)COc1ccccc1Cl. The van der Waals surface area contributed by atoms with Crippen LogP contribution < -0.4 is 10.5 Å². The predicted octanol–water partition coefficient (Wildman–Crippen LogP) is 2.62. The molecule has 0 heterocycles. The summed E-state index contributed by atoms with van der Waals surface area (Å²) in [6, 6.07) is 16.5. The molecule has 0 fully saturated rings. The van der Waals surface area contributed by atoms with Gasteiger partial charge in [0, 0.05) is 19.5 Å². The molecule has 2 aromatic carbocycles. The van der Waals surface area contributed by atoms with Gasteiger partial charge in [0.2, 0.25) is 5.91 Å². The molecule has 2 amide bonds. The minimum atomic E-state index is -0.451. The number of rotatable bonds is 8. The maximum absolute atomic E-state index is 12.5. The van der Waals surface area contributed by atoms with Gasteiger partial charge in [-0.25, -0.2) is 0 Å². The zero-order valence-corrected chi connectivity index (χ0v) is 13.9. The van der Waals surface area contributed by atoms with Gasteiger partial charge in [0.15, 0.2) is 6.61 Å². The van der Waals surface area contributed by atoms with Crippen LogP contribution in [0.5, 0.6) is 5.75 Å². The number of amides is 2. The Kier molecular flexibility index (Phi) is 6.63. The average molecular weight is 347 g/mol. The van der Waals surface area contributed by atoms with Gasteiger partial charge in [-0.15, -0.1) is 0 Å². The normalized spacial score (nSPS) is 10.2. The molecular formula is C18H19ClN2O3. The molecule has 0 bridgehead atoms. The van der Waals surface area contributed by atoms with Crippen molar-refractivity contribution >= 4 is 23.4 Å². The van der Waals surface area contributed by atoms with Crippen molar-refractivity contribution in [2.45, 2.75) is 13.0 Å². The highest BCUT2D eigenvalue weighted by molar-refractivity contribution is 6.32. The van der Waals surface area contributed by atoms with E-state index in [1.807, 2.05) is 30.3 Å². The molecule has 0 aliphatic heterocycles. The second kappa shape index (κ2) is 8.93. The maximum atomic E-state index is 12.5. The lowest BCUT2D eigenvalue weighted by atomic mass is 10.2. The van der Waals surface area contributed by atoms with Gasteiger partial charge < -0.3 is 15.4 Å². The van der Waals surface area contributed by atoms with Gasteiger partial charge in [-0.3, -0.25) is 9.59 Å². The summed E-state index contributed by atoms with van der Waals surface area (Å²) in [6.45, 7) is 0.475. The van der Waals surface area contributed by atoms with E-state index in [1.54, 1.807) is 29.2 Å². The molecule has 126 valence electrons. The van der Waals surface area contributed by atoms with Gasteiger partial charge >= 0.3 is 0 Å². The Balaban J connectivity index is 2.00. The quantitative estimate of drug-likeness (QED) is 0.798. The number of primary amides is 1. The highest BCUT2D eigenvalue weighted by atomic mass is 35.5. The van der Waals surface area contributed by atoms with E-state index >= 15 is 0 Å². The molecular weight excluding hydrogens is 328 g/mol. The second-order valence-corrected chi connectivity index (χ2v) is 5.64. The number of carbonyl (C=O) groups excluding carboxylic acids is 2. The van der Waals surface area contributed by atoms with Crippen LogP contribution >= 0.6 is 11.6 Å². The van der Waals surface area contributed by atoms with Crippen molar-refractivity contribution in [3.8, 4) is 5.75 Å². The van der Waals surface area contributed by atoms with Crippen LogP contribution in [0.2, 0.25) is 5.02 Å². The first kappa shape index (κ1) is 17.8. The van der Waals surface area contributed by atoms with E-state index in [2.05, 4.69) is 0 Å². The smallest absolute Gasteiger partial charge is 0.260 e. The molecule has 0 unspecified atom stereocenters. The first-order valence-corrected chi connectivity index (χ1v) is 7.91. The fourth-order valence-electron chi connectivity index (χ4n) is 2.13. The van der Waals surface area contributed by atoms with Crippen LogP contribution in [0.15, 0.2) is 54.6 Å². The molecule has 5 nitrogen and oxygen atoms in total. The number of nitrogens with two attached hydrogens (primary N) is 1. The summed E-state index contributed by atoms with van der Waals surface area (Å²) in [4.78, 5) is 25.0. The van der Waals surface area contributed by atoms with Crippen molar-refractivity contribution in [1.82, 2.24) is 4.90 Å². The molecule has 2 N–H and O–H groups in total. The molecule has 0 aliphatic carbocycles. The van der Waals surface area contributed by atoms with Gasteiger partial charge in [-0.05, 0) is 17.7 Å². The van der Waals surface area contributed by atoms with Crippen molar-refractivity contribution in [2.75, 3.05) is 13.2 Å². The molecule has 0 spiro atoms. The van der Waals surface area contributed by atoms with Crippen molar-refractivity contribution < 1.29 is 14.3 Å². The number of benzene rings is 2. The molecule has 2 aromatic rings. The Morgan fingerprint density at radius 2 is 1.71 bits per heavy atom. The first-order valence-electron chi connectivity index (χ1n) is 7.53. The average Bonchev–Trinajstić information content (AvgIpc) is 2.58. The Hall–Kier alpha value is -2.53. The molecule has 0 saturated heterocycles. The lowest BCUT2D eigenvalue weighted by molar-refractivity contribution is -0.134. The highest BCUT2D eigenvalue weighted by Gasteiger charge is 2.16. The van der Waals surface area contributed by atoms with E-state index in [1.165, 1.54) is 0 Å². The zero-order valence-electron chi connectivity index (χ0n) is 13.2. The molecule has 24 heavy (non-hydrogen) atoms. The molecule has 0 aliphatic rings. The van der Waals surface area contributed by atoms with E-state index in [4.69, 9.17) is 22.1 Å². The molecule has 0 aromatic heterocycles. The third-order valence-electron chi connectivity index (χ3n) is 3.38. The standard InChI is InChI=1S/C18H19ClN2O3/c19-15-8-4-5-9-16(15)24-13-18(23)21(11-10-17(20)22)12-14-6-2-1-3-7-14/h1-9H,10-13H2,(H2,20,22). The lowest BCUT2D eigenvalue weighted by Gasteiger charge is -2.22. The maximum Gasteiger partial charge on any atom is 0.260 e. The van der Waals surface area contributed by atoms with Crippen LogP contribution in [-0.4, -0.2) is 29.9 Å². The number of para-hydroxylation sites is 1. The van der Waals surface area contributed by atoms with Gasteiger partial charge in [0.1, 0.15) is 5.75 Å². The number of hydrogen-bond acceptors (Lipinski definition) is 3. The van der Waals surface area contributed by atoms with Crippen LogP contribution in [0, 0.1) is 0 Å². The summed E-state index contributed by atoms with van der Waals surface area (Å²) in [6.07, 6.45) is 0.102. The van der Waals surface area contributed by atoms with Crippen LogP contribution in [-0.2, 0) is 16.1 Å². The summed E-state index contributed by atoms with van der Waals surface area (Å²) >= 11 is 6.01. The minimum Gasteiger partial charge on any atom is -0.482 e. The number of hydrogen-bond donors (Lipinski definition) is 1. The van der Waals surface area contributed by atoms with E-state index in [0.717, 1.165) is 5.56 Å². The Bertz CT molecular complexity index is 692. The molecule has 0 saturated carbocycles. The zero-order chi connectivity index (χ0) is 17.4. The number of ether oxygens (including phenoxy) is 1. The van der Waals surface area contributed by atoms with Gasteiger partial charge in [-0.1, -0.05) is 54.1 Å². The Labute approximate surface area is 146 Å². The number of halogens is 1. The van der Waals surface area contributed by atoms with Crippen LogP contribution in [0.25, 0.3) is 0 Å². The van der Waals surface area contributed by atoms with Gasteiger partial charge in [0.05, 0.1) is 5.02 Å². The fraction of sp³-hybridized carbons (Fsp3) is 0.222. The first-order chi connectivity index (χ1) is 11.6. The fourth-order valence-corrected chi connectivity index (χ4v) is 2.32. The lowest BCUT2D eigenvalue weighted by Crippen LogP contribution is -2.36. The summed E-state index contributed by atoms with van der Waals surface area (Å²) < 4.78 is 5.48. The highest BCUT2D eigenvalue weighted by Crippen LogP contribution is 2.23. The van der Waals surface area contributed by atoms with Crippen LogP contribution in [0.3, 0.4) is 0 Å². The van der Waals surface area contributed by atoms with E-state index < -0.39 is 5.91 Å². The number of nitrogens with zero attached hydrogens (tertiary/aromatic N) is 1. The minimum absolute atomic E-state index is 0.102. The molecule has 0 atom stereocenters. The van der Waals surface area contributed by atoms with Crippen molar-refractivity contribution in [3.63, 3.8) is 0 Å². The van der Waals surface area contributed by atoms with Gasteiger partial charge in [-0.2, -0.15) is 0 Å². The van der Waals surface area contributed by atoms with Crippen LogP contribution in [0.4, 0.5) is 0 Å². The molecule has 2 rings (SSSR count). The molecule has 0 radical (unpaired) electrons. The Morgan fingerprint density at radius 3 is 2.38 bits per heavy atom. The van der Waals surface area contributed by atoms with Crippen molar-refractivity contribution in [3.05, 3.63) is 65.2 Å². The second-order valence-electron chi connectivity index (χ2n) is 5.24. The van der Waals surface area contributed by atoms with Gasteiger partial charge in [0.25, 0.3) is 5.91 Å². The van der Waals surface area contributed by atoms with E-state index in [0.29, 0.717) is 17.3 Å². The van der Waals surface area contributed by atoms with E-state index in [-0.39, 0.29) is 25.5 Å². The monoisotopic (exact) mass is 346 g/mol. The summed E-state index contributed by atoms with van der Waals surface area (Å²) in [5.74, 6) is -0.241. The van der Waals surface area contributed by atoms with Crippen molar-refractivity contribution in [1.29, 1.82) is 0 Å². The Morgan fingerprint density at radius 1 is 1.04 bits per heavy atom. The number of carbonyl (C=O) groups is 2. The van der Waals surface area contributed by atoms with Crippen LogP contribution in [0.1, 0.15) is 12.0 Å². The van der Waals surface area contributed by atoms with E-state index in [9.17, 15) is 9.59 Å². The third kappa shape index (κ3) is 5.59. The van der Waals surface area contributed by atoms with Crippen molar-refractivity contribution in [2.24, 2.45) is 5.73 Å². The molecule has 6 heteroatoms. The summed E-state index contributed by atoms with van der Waals surface area (Å²) in [5.41, 5.74) is 6.16. The third-order valence-corrected chi connectivity index (χ3v) is 3.70.